The second-order valence-corrected chi connectivity index (χ2v) is 7.11. The lowest BCUT2D eigenvalue weighted by Crippen LogP contribution is -2.11. The Morgan fingerprint density at radius 1 is 1.08 bits per heavy atom. The number of sulfonamides is 1. The highest BCUT2D eigenvalue weighted by Crippen LogP contribution is 2.36. The van der Waals surface area contributed by atoms with Gasteiger partial charge in [-0.2, -0.15) is 0 Å². The van der Waals surface area contributed by atoms with Gasteiger partial charge in [-0.25, -0.2) is 8.42 Å². The zero-order valence-corrected chi connectivity index (χ0v) is 14.4. The summed E-state index contributed by atoms with van der Waals surface area (Å²) in [5.41, 5.74) is 0.375. The highest BCUT2D eigenvalue weighted by atomic mass is 32.2. The first kappa shape index (κ1) is 17.5. The molecular formula is C17H14N2O6S. The van der Waals surface area contributed by atoms with Crippen LogP contribution in [0.3, 0.4) is 0 Å². The second-order valence-electron chi connectivity index (χ2n) is 5.36. The molecule has 0 bridgehead atoms. The largest absolute Gasteiger partial charge is 0.464 e. The van der Waals surface area contributed by atoms with Gasteiger partial charge in [0, 0.05) is 12.1 Å². The molecule has 9 heteroatoms. The van der Waals surface area contributed by atoms with Gasteiger partial charge in [0.15, 0.2) is 16.9 Å². The summed E-state index contributed by atoms with van der Waals surface area (Å²) < 4.78 is 36.7. The van der Waals surface area contributed by atoms with Crippen molar-refractivity contribution in [3.8, 4) is 11.5 Å². The van der Waals surface area contributed by atoms with Crippen molar-refractivity contribution in [3.63, 3.8) is 0 Å². The van der Waals surface area contributed by atoms with Gasteiger partial charge in [-0.3, -0.25) is 14.3 Å². The van der Waals surface area contributed by atoms with Gasteiger partial charge >= 0.3 is 0 Å². The molecule has 8 nitrogen and oxygen atoms in total. The lowest BCUT2D eigenvalue weighted by molar-refractivity contribution is -0.105. The molecule has 3 rings (SSSR count). The summed E-state index contributed by atoms with van der Waals surface area (Å²) >= 11 is 0. The smallest absolute Gasteiger partial charge is 0.229 e. The standard InChI is InChI=1S/C17H14N2O6S/c1-26(22,23)19-13-9-16-11(14(21)6-7-24-16)8-17(13)25-15-5-3-2-4-12(15)18-10-20/h2-10,19H,1H3,(H,18,20). The van der Waals surface area contributed by atoms with Crippen LogP contribution in [-0.2, 0) is 14.8 Å². The maximum Gasteiger partial charge on any atom is 0.229 e. The number of para-hydroxylation sites is 2. The van der Waals surface area contributed by atoms with Crippen molar-refractivity contribution in [1.29, 1.82) is 0 Å². The fraction of sp³-hybridized carbons (Fsp3) is 0.0588. The lowest BCUT2D eigenvalue weighted by atomic mass is 10.2. The van der Waals surface area contributed by atoms with E-state index in [1.807, 2.05) is 0 Å². The number of hydrogen-bond acceptors (Lipinski definition) is 6. The van der Waals surface area contributed by atoms with Crippen LogP contribution in [0.25, 0.3) is 11.0 Å². The van der Waals surface area contributed by atoms with Crippen LogP contribution in [0.5, 0.6) is 11.5 Å². The number of hydrogen-bond donors (Lipinski definition) is 2. The van der Waals surface area contributed by atoms with Gasteiger partial charge in [0.2, 0.25) is 16.4 Å². The lowest BCUT2D eigenvalue weighted by Gasteiger charge is -2.15. The van der Waals surface area contributed by atoms with Crippen molar-refractivity contribution >= 4 is 38.8 Å². The third kappa shape index (κ3) is 3.83. The number of carbonyl (C=O) groups excluding carboxylic acids is 1. The Morgan fingerprint density at radius 2 is 1.85 bits per heavy atom. The Bertz CT molecular complexity index is 1140. The number of amides is 1. The molecule has 0 saturated carbocycles. The zero-order chi connectivity index (χ0) is 18.7. The topological polar surface area (TPSA) is 115 Å². The number of benzene rings is 2. The van der Waals surface area contributed by atoms with E-state index in [0.717, 1.165) is 6.26 Å². The molecular weight excluding hydrogens is 360 g/mol. The first-order chi connectivity index (χ1) is 12.4. The Labute approximate surface area is 148 Å². The quantitative estimate of drug-likeness (QED) is 0.641. The zero-order valence-electron chi connectivity index (χ0n) is 13.6. The Kier molecular flexibility index (Phi) is 4.63. The van der Waals surface area contributed by atoms with E-state index in [9.17, 15) is 18.0 Å². The van der Waals surface area contributed by atoms with Crippen molar-refractivity contribution < 1.29 is 22.4 Å². The molecule has 134 valence electrons. The van der Waals surface area contributed by atoms with Crippen molar-refractivity contribution in [1.82, 2.24) is 0 Å². The van der Waals surface area contributed by atoms with Crippen LogP contribution in [0.15, 0.2) is 57.9 Å². The SMILES string of the molecule is CS(=O)(=O)Nc1cc2occc(=O)c2cc1Oc1ccccc1NC=O. The minimum absolute atomic E-state index is 0.0848. The molecule has 1 heterocycles. The first-order valence-corrected chi connectivity index (χ1v) is 9.27. The van der Waals surface area contributed by atoms with Gasteiger partial charge in [-0.05, 0) is 18.2 Å². The molecule has 2 N–H and O–H groups in total. The maximum absolute atomic E-state index is 12.0. The van der Waals surface area contributed by atoms with Gasteiger partial charge < -0.3 is 14.5 Å². The highest BCUT2D eigenvalue weighted by Gasteiger charge is 2.15. The van der Waals surface area contributed by atoms with Crippen LogP contribution >= 0.6 is 0 Å². The minimum atomic E-state index is -3.61. The van der Waals surface area contributed by atoms with Crippen LogP contribution in [0, 0.1) is 0 Å². The van der Waals surface area contributed by atoms with E-state index in [2.05, 4.69) is 10.0 Å². The molecule has 0 saturated heterocycles. The Balaban J connectivity index is 2.16. The number of anilines is 2. The van der Waals surface area contributed by atoms with E-state index in [0.29, 0.717) is 12.1 Å². The number of carbonyl (C=O) groups is 1. The fourth-order valence-electron chi connectivity index (χ4n) is 2.33. The summed E-state index contributed by atoms with van der Waals surface area (Å²) in [4.78, 5) is 22.8. The monoisotopic (exact) mass is 374 g/mol. The van der Waals surface area contributed by atoms with Gasteiger partial charge in [0.1, 0.15) is 5.58 Å². The Morgan fingerprint density at radius 3 is 2.58 bits per heavy atom. The summed E-state index contributed by atoms with van der Waals surface area (Å²) in [6, 6.07) is 10.6. The third-order valence-corrected chi connectivity index (χ3v) is 3.97. The minimum Gasteiger partial charge on any atom is -0.464 e. The van der Waals surface area contributed by atoms with Crippen LogP contribution < -0.4 is 20.2 Å². The van der Waals surface area contributed by atoms with E-state index < -0.39 is 10.0 Å². The summed E-state index contributed by atoms with van der Waals surface area (Å²) in [7, 11) is -3.61. The molecule has 0 fully saturated rings. The molecule has 2 aromatic carbocycles. The summed E-state index contributed by atoms with van der Waals surface area (Å²) in [6.45, 7) is 0. The average molecular weight is 374 g/mol. The van der Waals surface area contributed by atoms with Crippen LogP contribution in [0.2, 0.25) is 0 Å². The van der Waals surface area contributed by atoms with Crippen molar-refractivity contribution in [2.75, 3.05) is 16.3 Å². The Hall–Kier alpha value is -3.33. The first-order valence-electron chi connectivity index (χ1n) is 7.38. The number of nitrogens with one attached hydrogen (secondary N) is 2. The number of ether oxygens (including phenoxy) is 1. The van der Waals surface area contributed by atoms with Gasteiger partial charge in [-0.15, -0.1) is 0 Å². The van der Waals surface area contributed by atoms with Crippen molar-refractivity contribution in [3.05, 3.63) is 59.0 Å². The highest BCUT2D eigenvalue weighted by molar-refractivity contribution is 7.92. The molecule has 0 aliphatic heterocycles. The molecule has 0 radical (unpaired) electrons. The maximum atomic E-state index is 12.0. The van der Waals surface area contributed by atoms with Crippen molar-refractivity contribution in [2.45, 2.75) is 0 Å². The van der Waals surface area contributed by atoms with Gasteiger partial charge in [-0.1, -0.05) is 12.1 Å². The third-order valence-electron chi connectivity index (χ3n) is 3.38. The van der Waals surface area contributed by atoms with E-state index in [4.69, 9.17) is 9.15 Å². The molecule has 0 aliphatic carbocycles. The van der Waals surface area contributed by atoms with E-state index >= 15 is 0 Å². The predicted octanol–water partition coefficient (Wildman–Crippen LogP) is 2.53. The molecule has 3 aromatic rings. The average Bonchev–Trinajstić information content (AvgIpc) is 2.57. The van der Waals surface area contributed by atoms with Gasteiger partial charge in [0.05, 0.1) is 29.3 Å². The summed E-state index contributed by atoms with van der Waals surface area (Å²) in [6.07, 6.45) is 2.70. The predicted molar refractivity (Wildman–Crippen MR) is 97.2 cm³/mol. The van der Waals surface area contributed by atoms with E-state index in [1.165, 1.54) is 24.5 Å². The number of rotatable bonds is 6. The molecule has 0 spiro atoms. The molecule has 1 amide bonds. The molecule has 0 aliphatic rings. The fourth-order valence-corrected chi connectivity index (χ4v) is 2.89. The molecule has 0 unspecified atom stereocenters. The van der Waals surface area contributed by atoms with Gasteiger partial charge in [0.25, 0.3) is 0 Å². The van der Waals surface area contributed by atoms with E-state index in [-0.39, 0.29) is 33.6 Å². The normalized spacial score (nSPS) is 11.1. The van der Waals surface area contributed by atoms with E-state index in [1.54, 1.807) is 24.3 Å². The second kappa shape index (κ2) is 6.89. The molecule has 26 heavy (non-hydrogen) atoms. The van der Waals surface area contributed by atoms with Crippen LogP contribution in [-0.4, -0.2) is 21.1 Å². The van der Waals surface area contributed by atoms with Crippen LogP contribution in [0.1, 0.15) is 0 Å². The van der Waals surface area contributed by atoms with Crippen LogP contribution in [0.4, 0.5) is 11.4 Å². The number of fused-ring (bicyclic) bond motifs is 1. The summed E-state index contributed by atoms with van der Waals surface area (Å²) in [5, 5.41) is 2.71. The van der Waals surface area contributed by atoms with Crippen molar-refractivity contribution in [2.24, 2.45) is 0 Å². The molecule has 1 aromatic heterocycles. The summed E-state index contributed by atoms with van der Waals surface area (Å²) in [5.74, 6) is 0.359. The molecule has 0 atom stereocenters.